The van der Waals surface area contributed by atoms with Crippen LogP contribution in [0.1, 0.15) is 15.9 Å². The Kier molecular flexibility index (Phi) is 5.24. The minimum absolute atomic E-state index is 0.0257. The van der Waals surface area contributed by atoms with Crippen LogP contribution in [0.15, 0.2) is 36.4 Å². The van der Waals surface area contributed by atoms with E-state index in [0.29, 0.717) is 15.6 Å². The van der Waals surface area contributed by atoms with Crippen LogP contribution in [0.25, 0.3) is 0 Å². The number of hydrogen-bond acceptors (Lipinski definition) is 3. The van der Waals surface area contributed by atoms with Gasteiger partial charge in [0.1, 0.15) is 5.02 Å². The summed E-state index contributed by atoms with van der Waals surface area (Å²) in [6, 6.07) is 8.76. The zero-order valence-corrected chi connectivity index (χ0v) is 13.2. The van der Waals surface area contributed by atoms with E-state index in [4.69, 9.17) is 34.8 Å². The highest BCUT2D eigenvalue weighted by Gasteiger charge is 2.16. The van der Waals surface area contributed by atoms with Gasteiger partial charge >= 0.3 is 0 Å². The number of halogens is 3. The van der Waals surface area contributed by atoms with Crippen molar-refractivity contribution in [3.8, 4) is 0 Å². The van der Waals surface area contributed by atoms with E-state index in [9.17, 15) is 14.9 Å². The molecule has 0 aromatic heterocycles. The lowest BCUT2D eigenvalue weighted by Gasteiger charge is -2.07. The van der Waals surface area contributed by atoms with Crippen molar-refractivity contribution in [2.75, 3.05) is 0 Å². The second-order valence-corrected chi connectivity index (χ2v) is 5.59. The number of carbonyl (C=O) groups excluding carboxylic acids is 1. The Morgan fingerprint density at radius 3 is 2.45 bits per heavy atom. The quantitative estimate of drug-likeness (QED) is 0.646. The molecule has 2 aromatic carbocycles. The molecule has 1 N–H and O–H groups in total. The first-order chi connectivity index (χ1) is 10.4. The normalized spacial score (nSPS) is 10.3. The number of benzene rings is 2. The topological polar surface area (TPSA) is 72.2 Å². The summed E-state index contributed by atoms with van der Waals surface area (Å²) in [6.07, 6.45) is 0. The van der Waals surface area contributed by atoms with E-state index in [0.717, 1.165) is 6.07 Å². The number of rotatable bonds is 4. The molecule has 0 aliphatic heterocycles. The Bertz CT molecular complexity index is 750. The van der Waals surface area contributed by atoms with Crippen molar-refractivity contribution in [1.29, 1.82) is 0 Å². The third kappa shape index (κ3) is 3.88. The van der Waals surface area contributed by atoms with Gasteiger partial charge in [-0.2, -0.15) is 0 Å². The summed E-state index contributed by atoms with van der Waals surface area (Å²) in [5.74, 6) is -0.467. The van der Waals surface area contributed by atoms with Crippen molar-refractivity contribution >= 4 is 46.4 Å². The van der Waals surface area contributed by atoms with Crippen LogP contribution in [0, 0.1) is 10.1 Å². The van der Waals surface area contributed by atoms with E-state index in [1.807, 2.05) is 0 Å². The molecule has 0 aliphatic rings. The molecular weight excluding hydrogens is 351 g/mol. The second-order valence-electron chi connectivity index (χ2n) is 4.34. The van der Waals surface area contributed by atoms with E-state index in [1.54, 1.807) is 18.2 Å². The predicted molar refractivity (Wildman–Crippen MR) is 85.7 cm³/mol. The molecule has 0 saturated heterocycles. The highest BCUT2D eigenvalue weighted by Crippen LogP contribution is 2.25. The highest BCUT2D eigenvalue weighted by molar-refractivity contribution is 6.35. The Morgan fingerprint density at radius 2 is 1.82 bits per heavy atom. The van der Waals surface area contributed by atoms with E-state index in [-0.39, 0.29) is 22.8 Å². The monoisotopic (exact) mass is 358 g/mol. The maximum Gasteiger partial charge on any atom is 0.288 e. The fourth-order valence-electron chi connectivity index (χ4n) is 1.74. The molecule has 2 aromatic rings. The lowest BCUT2D eigenvalue weighted by Crippen LogP contribution is -2.23. The van der Waals surface area contributed by atoms with Gasteiger partial charge in [0.25, 0.3) is 11.6 Å². The summed E-state index contributed by atoms with van der Waals surface area (Å²) in [5, 5.41) is 14.3. The van der Waals surface area contributed by atoms with Crippen LogP contribution in [0.5, 0.6) is 0 Å². The first-order valence-electron chi connectivity index (χ1n) is 6.04. The van der Waals surface area contributed by atoms with E-state index in [2.05, 4.69) is 5.32 Å². The number of nitro benzene ring substituents is 1. The van der Waals surface area contributed by atoms with Gasteiger partial charge < -0.3 is 5.32 Å². The average molecular weight is 360 g/mol. The van der Waals surface area contributed by atoms with Gasteiger partial charge in [-0.15, -0.1) is 0 Å². The number of amides is 1. The van der Waals surface area contributed by atoms with Gasteiger partial charge in [0.15, 0.2) is 0 Å². The molecule has 114 valence electrons. The van der Waals surface area contributed by atoms with Crippen molar-refractivity contribution in [1.82, 2.24) is 5.32 Å². The fourth-order valence-corrected chi connectivity index (χ4v) is 2.40. The average Bonchev–Trinajstić information content (AvgIpc) is 2.46. The molecule has 0 unspecified atom stereocenters. The summed E-state index contributed by atoms with van der Waals surface area (Å²) < 4.78 is 0. The van der Waals surface area contributed by atoms with Crippen LogP contribution in [-0.4, -0.2) is 10.8 Å². The highest BCUT2D eigenvalue weighted by atomic mass is 35.5. The van der Waals surface area contributed by atoms with Crippen LogP contribution in [-0.2, 0) is 6.54 Å². The Hall–Kier alpha value is -1.82. The molecule has 5 nitrogen and oxygen atoms in total. The number of nitrogens with zero attached hydrogens (tertiary/aromatic N) is 1. The minimum atomic E-state index is -0.644. The Morgan fingerprint density at radius 1 is 1.09 bits per heavy atom. The zero-order chi connectivity index (χ0) is 16.3. The smallest absolute Gasteiger partial charge is 0.288 e. The van der Waals surface area contributed by atoms with Gasteiger partial charge in [0.05, 0.1) is 4.92 Å². The predicted octanol–water partition coefficient (Wildman–Crippen LogP) is 4.49. The molecule has 0 fully saturated rings. The molecule has 1 amide bonds. The number of nitro groups is 1. The molecule has 0 spiro atoms. The standard InChI is InChI=1S/C14H9Cl3N2O3/c15-10-3-1-9(12(17)6-10)7-18-14(20)8-2-4-11(16)13(5-8)19(21)22/h1-6H,7H2,(H,18,20). The van der Waals surface area contributed by atoms with E-state index < -0.39 is 10.8 Å². The first kappa shape index (κ1) is 16.5. The van der Waals surface area contributed by atoms with Crippen LogP contribution in [0.3, 0.4) is 0 Å². The van der Waals surface area contributed by atoms with Crippen molar-refractivity contribution in [2.45, 2.75) is 6.54 Å². The van der Waals surface area contributed by atoms with Gasteiger partial charge in [0, 0.05) is 28.2 Å². The van der Waals surface area contributed by atoms with Crippen LogP contribution in [0.2, 0.25) is 15.1 Å². The largest absolute Gasteiger partial charge is 0.348 e. The first-order valence-corrected chi connectivity index (χ1v) is 7.18. The summed E-state index contributed by atoms with van der Waals surface area (Å²) in [7, 11) is 0. The van der Waals surface area contributed by atoms with Crippen molar-refractivity contribution in [3.05, 3.63) is 72.7 Å². The summed E-state index contributed by atoms with van der Waals surface area (Å²) in [6.45, 7) is 0.172. The second kappa shape index (κ2) is 6.96. The SMILES string of the molecule is O=C(NCc1ccc(Cl)cc1Cl)c1ccc(Cl)c([N+](=O)[O-])c1. The van der Waals surface area contributed by atoms with Crippen molar-refractivity contribution in [2.24, 2.45) is 0 Å². The fraction of sp³-hybridized carbons (Fsp3) is 0.0714. The molecule has 0 bridgehead atoms. The third-order valence-corrected chi connectivity index (χ3v) is 3.77. The zero-order valence-electron chi connectivity index (χ0n) is 11.0. The molecule has 0 radical (unpaired) electrons. The third-order valence-electron chi connectivity index (χ3n) is 2.86. The number of hydrogen-bond donors (Lipinski definition) is 1. The van der Waals surface area contributed by atoms with Gasteiger partial charge in [-0.05, 0) is 29.8 Å². The molecule has 8 heteroatoms. The minimum Gasteiger partial charge on any atom is -0.348 e. The molecule has 0 heterocycles. The Labute approximate surface area is 140 Å². The molecular formula is C14H9Cl3N2O3. The maximum atomic E-state index is 12.0. The summed E-state index contributed by atoms with van der Waals surface area (Å²) in [5.41, 5.74) is 0.503. The molecule has 0 aliphatic carbocycles. The lowest BCUT2D eigenvalue weighted by atomic mass is 10.1. The molecule has 0 atom stereocenters. The summed E-state index contributed by atoms with van der Waals surface area (Å²) in [4.78, 5) is 22.2. The van der Waals surface area contributed by atoms with Gasteiger partial charge in [-0.3, -0.25) is 14.9 Å². The van der Waals surface area contributed by atoms with Gasteiger partial charge in [0.2, 0.25) is 0 Å². The number of carbonyl (C=O) groups is 1. The van der Waals surface area contributed by atoms with Crippen molar-refractivity contribution in [3.63, 3.8) is 0 Å². The maximum absolute atomic E-state index is 12.0. The molecule has 2 rings (SSSR count). The number of nitrogens with one attached hydrogen (secondary N) is 1. The van der Waals surface area contributed by atoms with E-state index in [1.165, 1.54) is 12.1 Å². The summed E-state index contributed by atoms with van der Waals surface area (Å²) >= 11 is 17.5. The van der Waals surface area contributed by atoms with Crippen molar-refractivity contribution < 1.29 is 9.72 Å². The van der Waals surface area contributed by atoms with Crippen LogP contribution < -0.4 is 5.32 Å². The lowest BCUT2D eigenvalue weighted by molar-refractivity contribution is -0.384. The van der Waals surface area contributed by atoms with Crippen LogP contribution >= 0.6 is 34.8 Å². The molecule has 22 heavy (non-hydrogen) atoms. The van der Waals surface area contributed by atoms with Gasteiger partial charge in [-0.1, -0.05) is 40.9 Å². The Balaban J connectivity index is 2.12. The van der Waals surface area contributed by atoms with E-state index >= 15 is 0 Å². The van der Waals surface area contributed by atoms with Gasteiger partial charge in [-0.25, -0.2) is 0 Å². The molecule has 0 saturated carbocycles. The van der Waals surface area contributed by atoms with Crippen LogP contribution in [0.4, 0.5) is 5.69 Å².